The monoisotopic (exact) mass is 589 g/mol. The van der Waals surface area contributed by atoms with Crippen LogP contribution in [-0.2, 0) is 6.61 Å². The van der Waals surface area contributed by atoms with Crippen molar-refractivity contribution in [3.63, 3.8) is 0 Å². The molecule has 1 aromatic heterocycles. The fourth-order valence-electron chi connectivity index (χ4n) is 3.26. The van der Waals surface area contributed by atoms with Crippen LogP contribution >= 0.6 is 45.8 Å². The minimum Gasteiger partial charge on any atom is -0.490 e. The Labute approximate surface area is 215 Å². The SMILES string of the molecule is CCOc1cc(/C=C(\C#N)c2nc3ccccc3[nH]2)cc(I)c1OCc1ccc(Cl)cc1Cl. The molecule has 0 fully saturated rings. The quantitative estimate of drug-likeness (QED) is 0.179. The van der Waals surface area contributed by atoms with Gasteiger partial charge in [0.15, 0.2) is 11.5 Å². The molecule has 8 heteroatoms. The number of halogens is 3. The van der Waals surface area contributed by atoms with E-state index < -0.39 is 0 Å². The van der Waals surface area contributed by atoms with Crippen molar-refractivity contribution in [2.75, 3.05) is 6.61 Å². The zero-order valence-electron chi connectivity index (χ0n) is 17.5. The van der Waals surface area contributed by atoms with Crippen LogP contribution in [0, 0.1) is 14.9 Å². The van der Waals surface area contributed by atoms with Crippen LogP contribution < -0.4 is 9.47 Å². The van der Waals surface area contributed by atoms with Crippen LogP contribution in [0.4, 0.5) is 0 Å². The summed E-state index contributed by atoms with van der Waals surface area (Å²) in [6.45, 7) is 2.64. The summed E-state index contributed by atoms with van der Waals surface area (Å²) in [7, 11) is 0. The molecule has 1 N–H and O–H groups in total. The number of para-hydroxylation sites is 2. The van der Waals surface area contributed by atoms with Gasteiger partial charge in [-0.25, -0.2) is 4.98 Å². The van der Waals surface area contributed by atoms with Crippen LogP contribution in [0.3, 0.4) is 0 Å². The average Bonchev–Trinajstić information content (AvgIpc) is 3.22. The highest BCUT2D eigenvalue weighted by Gasteiger charge is 2.15. The molecule has 0 saturated heterocycles. The van der Waals surface area contributed by atoms with Gasteiger partial charge in [0.2, 0.25) is 0 Å². The number of nitrogens with one attached hydrogen (secondary N) is 1. The molecule has 0 aliphatic rings. The first-order valence-electron chi connectivity index (χ1n) is 10.1. The van der Waals surface area contributed by atoms with E-state index in [1.807, 2.05) is 49.4 Å². The summed E-state index contributed by atoms with van der Waals surface area (Å²) in [5.74, 6) is 1.72. The van der Waals surface area contributed by atoms with Gasteiger partial charge < -0.3 is 14.5 Å². The van der Waals surface area contributed by atoms with Gasteiger partial charge in [0.25, 0.3) is 0 Å². The standard InChI is InChI=1S/C25H18Cl2IN3O2/c1-2-32-23-11-15(9-17(13-29)25-30-21-5-3-4-6-22(21)31-25)10-20(28)24(23)33-14-16-7-8-18(26)12-19(16)27/h3-12H,2,14H2,1H3,(H,30,31)/b17-9+. The maximum Gasteiger partial charge on any atom is 0.175 e. The first kappa shape index (κ1) is 23.4. The minimum atomic E-state index is 0.268. The molecule has 33 heavy (non-hydrogen) atoms. The molecule has 0 amide bonds. The molecular weight excluding hydrogens is 572 g/mol. The van der Waals surface area contributed by atoms with E-state index in [0.717, 1.165) is 25.7 Å². The van der Waals surface area contributed by atoms with E-state index in [0.29, 0.717) is 39.5 Å². The highest BCUT2D eigenvalue weighted by Crippen LogP contribution is 2.36. The third kappa shape index (κ3) is 5.44. The number of nitrogens with zero attached hydrogens (tertiary/aromatic N) is 2. The average molecular weight is 590 g/mol. The number of imidazole rings is 1. The van der Waals surface area contributed by atoms with Crippen LogP contribution in [0.2, 0.25) is 10.0 Å². The molecule has 0 aliphatic carbocycles. The van der Waals surface area contributed by atoms with Crippen molar-refractivity contribution in [3.8, 4) is 17.6 Å². The number of H-pyrrole nitrogens is 1. The number of aromatic amines is 1. The molecular formula is C25H18Cl2IN3O2. The van der Waals surface area contributed by atoms with Gasteiger partial charge in [-0.3, -0.25) is 0 Å². The number of hydrogen-bond donors (Lipinski definition) is 1. The number of ether oxygens (including phenoxy) is 2. The zero-order chi connectivity index (χ0) is 23.4. The number of aromatic nitrogens is 2. The highest BCUT2D eigenvalue weighted by atomic mass is 127. The number of rotatable bonds is 7. The molecule has 3 aromatic carbocycles. The smallest absolute Gasteiger partial charge is 0.175 e. The second kappa shape index (κ2) is 10.5. The first-order chi connectivity index (χ1) is 16.0. The molecule has 5 nitrogen and oxygen atoms in total. The Morgan fingerprint density at radius 1 is 1.15 bits per heavy atom. The lowest BCUT2D eigenvalue weighted by atomic mass is 10.1. The van der Waals surface area contributed by atoms with Crippen LogP contribution in [0.15, 0.2) is 54.6 Å². The number of nitriles is 1. The van der Waals surface area contributed by atoms with E-state index in [4.69, 9.17) is 32.7 Å². The summed E-state index contributed by atoms with van der Waals surface area (Å²) in [6.07, 6.45) is 1.78. The summed E-state index contributed by atoms with van der Waals surface area (Å²) < 4.78 is 12.8. The van der Waals surface area contributed by atoms with E-state index in [2.05, 4.69) is 38.6 Å². The van der Waals surface area contributed by atoms with Crippen molar-refractivity contribution in [2.45, 2.75) is 13.5 Å². The maximum absolute atomic E-state index is 9.76. The summed E-state index contributed by atoms with van der Waals surface area (Å²) in [6, 6.07) is 19.0. The molecule has 4 rings (SSSR count). The molecule has 0 radical (unpaired) electrons. The van der Waals surface area contributed by atoms with E-state index in [-0.39, 0.29) is 6.61 Å². The lowest BCUT2D eigenvalue weighted by Crippen LogP contribution is -2.02. The van der Waals surface area contributed by atoms with Gasteiger partial charge in [0.1, 0.15) is 18.5 Å². The van der Waals surface area contributed by atoms with Gasteiger partial charge in [0, 0.05) is 15.6 Å². The third-order valence-electron chi connectivity index (χ3n) is 4.79. The summed E-state index contributed by atoms with van der Waals surface area (Å²) in [5, 5.41) is 10.9. The Kier molecular flexibility index (Phi) is 7.43. The van der Waals surface area contributed by atoms with Crippen molar-refractivity contribution in [1.82, 2.24) is 9.97 Å². The topological polar surface area (TPSA) is 70.9 Å². The molecule has 1 heterocycles. The molecule has 166 valence electrons. The lowest BCUT2D eigenvalue weighted by molar-refractivity contribution is 0.267. The van der Waals surface area contributed by atoms with Crippen molar-refractivity contribution < 1.29 is 9.47 Å². The van der Waals surface area contributed by atoms with Crippen LogP contribution in [0.25, 0.3) is 22.7 Å². The van der Waals surface area contributed by atoms with Gasteiger partial charge in [-0.2, -0.15) is 5.26 Å². The number of fused-ring (bicyclic) bond motifs is 1. The van der Waals surface area contributed by atoms with E-state index >= 15 is 0 Å². The number of hydrogen-bond acceptors (Lipinski definition) is 4. The Bertz CT molecular complexity index is 1360. The largest absolute Gasteiger partial charge is 0.490 e. The Balaban J connectivity index is 1.66. The van der Waals surface area contributed by atoms with Gasteiger partial charge in [0.05, 0.1) is 26.8 Å². The number of allylic oxidation sites excluding steroid dienone is 1. The molecule has 0 aliphatic heterocycles. The summed E-state index contributed by atoms with van der Waals surface area (Å²) in [5.41, 5.74) is 3.73. The predicted octanol–water partition coefficient (Wildman–Crippen LogP) is 7.52. The normalized spacial score (nSPS) is 11.4. The third-order valence-corrected chi connectivity index (χ3v) is 6.18. The highest BCUT2D eigenvalue weighted by molar-refractivity contribution is 14.1. The van der Waals surface area contributed by atoms with Crippen molar-refractivity contribution in [2.24, 2.45) is 0 Å². The Hall–Kier alpha value is -2.73. The molecule has 0 atom stereocenters. The summed E-state index contributed by atoms with van der Waals surface area (Å²) in [4.78, 5) is 7.73. The van der Waals surface area contributed by atoms with Crippen molar-refractivity contribution in [3.05, 3.63) is 85.2 Å². The zero-order valence-corrected chi connectivity index (χ0v) is 21.2. The lowest BCUT2D eigenvalue weighted by Gasteiger charge is -2.15. The molecule has 4 aromatic rings. The predicted molar refractivity (Wildman–Crippen MR) is 141 cm³/mol. The van der Waals surface area contributed by atoms with Crippen LogP contribution in [0.5, 0.6) is 11.5 Å². The van der Waals surface area contributed by atoms with E-state index in [1.165, 1.54) is 0 Å². The minimum absolute atomic E-state index is 0.268. The van der Waals surface area contributed by atoms with Crippen LogP contribution in [0.1, 0.15) is 23.9 Å². The first-order valence-corrected chi connectivity index (χ1v) is 11.9. The second-order valence-electron chi connectivity index (χ2n) is 7.06. The Morgan fingerprint density at radius 2 is 1.97 bits per heavy atom. The fraction of sp³-hybridized carbons (Fsp3) is 0.120. The van der Waals surface area contributed by atoms with E-state index in [9.17, 15) is 5.26 Å². The maximum atomic E-state index is 9.76. The molecule has 0 unspecified atom stereocenters. The van der Waals surface area contributed by atoms with Gasteiger partial charge >= 0.3 is 0 Å². The van der Waals surface area contributed by atoms with Crippen molar-refractivity contribution in [1.29, 1.82) is 5.26 Å². The van der Waals surface area contributed by atoms with Gasteiger partial charge in [-0.05, 0) is 77.6 Å². The summed E-state index contributed by atoms with van der Waals surface area (Å²) >= 11 is 14.5. The second-order valence-corrected chi connectivity index (χ2v) is 9.07. The molecule has 0 bridgehead atoms. The Morgan fingerprint density at radius 3 is 2.70 bits per heavy atom. The van der Waals surface area contributed by atoms with Crippen molar-refractivity contribution >= 4 is 68.5 Å². The van der Waals surface area contributed by atoms with Gasteiger partial charge in [-0.1, -0.05) is 41.4 Å². The fourth-order valence-corrected chi connectivity index (χ4v) is 4.51. The molecule has 0 spiro atoms. The number of benzene rings is 3. The van der Waals surface area contributed by atoms with Crippen LogP contribution in [-0.4, -0.2) is 16.6 Å². The van der Waals surface area contributed by atoms with Gasteiger partial charge in [-0.15, -0.1) is 0 Å². The molecule has 0 saturated carbocycles. The van der Waals surface area contributed by atoms with E-state index in [1.54, 1.807) is 18.2 Å².